The van der Waals surface area contributed by atoms with Gasteiger partial charge >= 0.3 is 0 Å². The summed E-state index contributed by atoms with van der Waals surface area (Å²) in [7, 11) is 1.97. The predicted octanol–water partition coefficient (Wildman–Crippen LogP) is 3.83. The zero-order valence-electron chi connectivity index (χ0n) is 13.4. The highest BCUT2D eigenvalue weighted by Gasteiger charge is 2.03. The van der Waals surface area contributed by atoms with Crippen LogP contribution in [0.2, 0.25) is 0 Å². The van der Waals surface area contributed by atoms with E-state index in [2.05, 4.69) is 28.0 Å². The minimum atomic E-state index is 0.00474. The van der Waals surface area contributed by atoms with Crippen LogP contribution in [0.25, 0.3) is 0 Å². The number of halogens is 1. The van der Waals surface area contributed by atoms with Gasteiger partial charge in [-0.25, -0.2) is 4.68 Å². The SMILES string of the molecule is CCN(C)c1cnn(CCCCCCCCCBr)c(=O)c1. The summed E-state index contributed by atoms with van der Waals surface area (Å²) < 4.78 is 1.58. The van der Waals surface area contributed by atoms with Gasteiger partial charge in [-0.05, 0) is 19.8 Å². The fourth-order valence-corrected chi connectivity index (χ4v) is 2.62. The molecule has 1 heterocycles. The molecule has 0 amide bonds. The summed E-state index contributed by atoms with van der Waals surface area (Å²) >= 11 is 3.45. The molecule has 4 nitrogen and oxygen atoms in total. The van der Waals surface area contributed by atoms with Crippen LogP contribution in [0.1, 0.15) is 51.9 Å². The highest BCUT2D eigenvalue weighted by Crippen LogP contribution is 2.09. The molecule has 0 aliphatic heterocycles. The lowest BCUT2D eigenvalue weighted by Gasteiger charge is -2.16. The normalized spacial score (nSPS) is 10.8. The Hall–Kier alpha value is -0.840. The number of alkyl halides is 1. The molecule has 0 radical (unpaired) electrons. The van der Waals surface area contributed by atoms with Gasteiger partial charge in [0, 0.05) is 31.5 Å². The summed E-state index contributed by atoms with van der Waals surface area (Å²) in [5.74, 6) is 0. The Balaban J connectivity index is 2.25. The fraction of sp³-hybridized carbons (Fsp3) is 0.750. The van der Waals surface area contributed by atoms with E-state index < -0.39 is 0 Å². The zero-order chi connectivity index (χ0) is 15.5. The largest absolute Gasteiger partial charge is 0.373 e. The molecule has 0 fully saturated rings. The Bertz CT molecular complexity index is 447. The molecule has 21 heavy (non-hydrogen) atoms. The highest BCUT2D eigenvalue weighted by molar-refractivity contribution is 9.09. The van der Waals surface area contributed by atoms with Crippen LogP contribution in [0.3, 0.4) is 0 Å². The minimum Gasteiger partial charge on any atom is -0.373 e. The van der Waals surface area contributed by atoms with Gasteiger partial charge < -0.3 is 4.90 Å². The Morgan fingerprint density at radius 2 is 1.76 bits per heavy atom. The average molecular weight is 358 g/mol. The number of aromatic nitrogens is 2. The first-order valence-electron chi connectivity index (χ1n) is 8.03. The predicted molar refractivity (Wildman–Crippen MR) is 93.6 cm³/mol. The monoisotopic (exact) mass is 357 g/mol. The number of anilines is 1. The molecule has 0 N–H and O–H groups in total. The number of unbranched alkanes of at least 4 members (excludes halogenated alkanes) is 6. The van der Waals surface area contributed by atoms with E-state index in [-0.39, 0.29) is 5.56 Å². The molecule has 120 valence electrons. The molecule has 0 spiro atoms. The van der Waals surface area contributed by atoms with Crippen molar-refractivity contribution in [2.45, 2.75) is 58.4 Å². The van der Waals surface area contributed by atoms with Crippen molar-refractivity contribution >= 4 is 21.6 Å². The van der Waals surface area contributed by atoms with Gasteiger partial charge in [-0.1, -0.05) is 48.0 Å². The van der Waals surface area contributed by atoms with Gasteiger partial charge in [-0.2, -0.15) is 5.10 Å². The number of hydrogen-bond donors (Lipinski definition) is 0. The maximum atomic E-state index is 12.0. The lowest BCUT2D eigenvalue weighted by Crippen LogP contribution is -2.25. The molecule has 0 unspecified atom stereocenters. The molecular weight excluding hydrogens is 330 g/mol. The molecule has 0 atom stereocenters. The highest BCUT2D eigenvalue weighted by atomic mass is 79.9. The van der Waals surface area contributed by atoms with Gasteiger partial charge in [0.1, 0.15) is 0 Å². The van der Waals surface area contributed by atoms with Crippen molar-refractivity contribution in [1.82, 2.24) is 9.78 Å². The van der Waals surface area contributed by atoms with E-state index in [1.54, 1.807) is 16.9 Å². The fourth-order valence-electron chi connectivity index (χ4n) is 2.22. The van der Waals surface area contributed by atoms with Crippen LogP contribution in [0.15, 0.2) is 17.1 Å². The number of rotatable bonds is 11. The second-order valence-corrected chi connectivity index (χ2v) is 6.25. The van der Waals surface area contributed by atoms with Crippen LogP contribution >= 0.6 is 15.9 Å². The van der Waals surface area contributed by atoms with Gasteiger partial charge in [0.05, 0.1) is 11.9 Å². The average Bonchev–Trinajstić information content (AvgIpc) is 2.50. The minimum absolute atomic E-state index is 0.00474. The molecule has 0 saturated carbocycles. The van der Waals surface area contributed by atoms with E-state index >= 15 is 0 Å². The van der Waals surface area contributed by atoms with Gasteiger partial charge in [-0.15, -0.1) is 0 Å². The van der Waals surface area contributed by atoms with Crippen LogP contribution in [0, 0.1) is 0 Å². The van der Waals surface area contributed by atoms with Gasteiger partial charge in [-0.3, -0.25) is 4.79 Å². The van der Waals surface area contributed by atoms with E-state index in [0.717, 1.165) is 30.5 Å². The smallest absolute Gasteiger partial charge is 0.268 e. The zero-order valence-corrected chi connectivity index (χ0v) is 14.9. The third-order valence-electron chi connectivity index (χ3n) is 3.77. The van der Waals surface area contributed by atoms with Crippen LogP contribution in [-0.4, -0.2) is 28.7 Å². The summed E-state index contributed by atoms with van der Waals surface area (Å²) in [6.07, 6.45) is 10.5. The number of hydrogen-bond acceptors (Lipinski definition) is 3. The van der Waals surface area contributed by atoms with E-state index in [9.17, 15) is 4.79 Å². The summed E-state index contributed by atoms with van der Waals surface area (Å²) in [5.41, 5.74) is 0.899. The topological polar surface area (TPSA) is 38.1 Å². The van der Waals surface area contributed by atoms with Crippen molar-refractivity contribution in [1.29, 1.82) is 0 Å². The summed E-state index contributed by atoms with van der Waals surface area (Å²) in [6.45, 7) is 3.67. The molecule has 0 aliphatic carbocycles. The van der Waals surface area contributed by atoms with E-state index in [4.69, 9.17) is 0 Å². The number of nitrogens with zero attached hydrogens (tertiary/aromatic N) is 3. The van der Waals surface area contributed by atoms with Crippen LogP contribution in [0.4, 0.5) is 5.69 Å². The van der Waals surface area contributed by atoms with Crippen molar-refractivity contribution in [3.63, 3.8) is 0 Å². The van der Waals surface area contributed by atoms with Crippen molar-refractivity contribution in [3.8, 4) is 0 Å². The van der Waals surface area contributed by atoms with Crippen molar-refractivity contribution in [2.75, 3.05) is 23.8 Å². The van der Waals surface area contributed by atoms with Crippen LogP contribution < -0.4 is 10.5 Å². The molecule has 1 aromatic rings. The molecule has 5 heteroatoms. The Morgan fingerprint density at radius 3 is 2.33 bits per heavy atom. The quantitative estimate of drug-likeness (QED) is 0.446. The summed E-state index contributed by atoms with van der Waals surface area (Å²) in [5, 5.41) is 5.38. The van der Waals surface area contributed by atoms with E-state index in [0.29, 0.717) is 0 Å². The molecule has 0 aromatic carbocycles. The molecule has 0 saturated heterocycles. The standard InChI is InChI=1S/C16H28BrN3O/c1-3-19(2)15-13-16(21)20(18-14-15)12-10-8-6-4-5-7-9-11-17/h13-14H,3-12H2,1-2H3. The molecule has 0 bridgehead atoms. The summed E-state index contributed by atoms with van der Waals surface area (Å²) in [4.78, 5) is 14.0. The second kappa shape index (κ2) is 10.8. The maximum Gasteiger partial charge on any atom is 0.268 e. The lowest BCUT2D eigenvalue weighted by molar-refractivity contribution is 0.506. The van der Waals surface area contributed by atoms with Gasteiger partial charge in [0.15, 0.2) is 0 Å². The first kappa shape index (κ1) is 18.2. The van der Waals surface area contributed by atoms with Gasteiger partial charge in [0.2, 0.25) is 0 Å². The number of aryl methyl sites for hydroxylation is 1. The molecule has 0 aliphatic rings. The molecule has 1 aromatic heterocycles. The van der Waals surface area contributed by atoms with Crippen LogP contribution in [-0.2, 0) is 6.54 Å². The first-order valence-corrected chi connectivity index (χ1v) is 9.15. The third kappa shape index (κ3) is 7.11. The van der Waals surface area contributed by atoms with Gasteiger partial charge in [0.25, 0.3) is 5.56 Å². The summed E-state index contributed by atoms with van der Waals surface area (Å²) in [6, 6.07) is 1.68. The van der Waals surface area contributed by atoms with Crippen molar-refractivity contribution in [3.05, 3.63) is 22.6 Å². The molecule has 1 rings (SSSR count). The molecular formula is C16H28BrN3O. The Labute approximate surface area is 136 Å². The Kier molecular flexibility index (Phi) is 9.39. The van der Waals surface area contributed by atoms with Crippen LogP contribution in [0.5, 0.6) is 0 Å². The Morgan fingerprint density at radius 1 is 1.14 bits per heavy atom. The van der Waals surface area contributed by atoms with Crippen molar-refractivity contribution < 1.29 is 0 Å². The second-order valence-electron chi connectivity index (χ2n) is 5.45. The lowest BCUT2D eigenvalue weighted by atomic mass is 10.1. The first-order chi connectivity index (χ1) is 10.2. The third-order valence-corrected chi connectivity index (χ3v) is 4.33. The maximum absolute atomic E-state index is 12.0. The van der Waals surface area contributed by atoms with E-state index in [1.165, 1.54) is 38.5 Å². The van der Waals surface area contributed by atoms with Crippen molar-refractivity contribution in [2.24, 2.45) is 0 Å². The van der Waals surface area contributed by atoms with E-state index in [1.807, 2.05) is 11.9 Å².